The highest BCUT2D eigenvalue weighted by Gasteiger charge is 2.43. The number of amides is 2. The van der Waals surface area contributed by atoms with Crippen molar-refractivity contribution in [1.29, 1.82) is 0 Å². The number of hydrogen-bond donors (Lipinski definition) is 1. The molecular formula is C24H15ClN4O4S. The third-order valence-electron chi connectivity index (χ3n) is 5.20. The summed E-state index contributed by atoms with van der Waals surface area (Å²) in [7, 11) is 0. The van der Waals surface area contributed by atoms with Crippen LogP contribution >= 0.6 is 23.4 Å². The summed E-state index contributed by atoms with van der Waals surface area (Å²) in [6.07, 6.45) is 1.53. The predicted molar refractivity (Wildman–Crippen MR) is 131 cm³/mol. The summed E-state index contributed by atoms with van der Waals surface area (Å²) in [4.78, 5) is 49.8. The van der Waals surface area contributed by atoms with Crippen molar-refractivity contribution < 1.29 is 19.5 Å². The molecule has 0 bridgehead atoms. The van der Waals surface area contributed by atoms with E-state index in [1.807, 2.05) is 6.07 Å². The number of benzene rings is 2. The third kappa shape index (κ3) is 3.74. The molecule has 0 spiro atoms. The standard InChI is InChI=1S/C24H15ClN4O4S/c25-21-16(10-6-12-26-21)27-24-29(14-7-2-1-3-8-14)23(33)20(34-24)19-15-9-4-5-11-17(15)28(22(19)32)13-18(30)31/h1-12H,13H2,(H,30,31)/b20-19-,27-24?. The topological polar surface area (TPSA) is 103 Å². The minimum atomic E-state index is -1.15. The molecule has 2 aliphatic rings. The van der Waals surface area contributed by atoms with E-state index < -0.39 is 24.3 Å². The van der Waals surface area contributed by atoms with E-state index in [0.717, 1.165) is 16.7 Å². The van der Waals surface area contributed by atoms with Gasteiger partial charge < -0.3 is 5.11 Å². The van der Waals surface area contributed by atoms with Gasteiger partial charge in [0.25, 0.3) is 11.8 Å². The average molecular weight is 491 g/mol. The quantitative estimate of drug-likeness (QED) is 0.431. The number of fused-ring (bicyclic) bond motifs is 1. The van der Waals surface area contributed by atoms with Gasteiger partial charge in [0.05, 0.1) is 21.9 Å². The normalized spacial score (nSPS) is 18.7. The van der Waals surface area contributed by atoms with E-state index in [-0.39, 0.29) is 15.6 Å². The van der Waals surface area contributed by atoms with Crippen molar-refractivity contribution >= 4 is 68.9 Å². The molecule has 1 fully saturated rings. The highest BCUT2D eigenvalue weighted by molar-refractivity contribution is 8.19. The van der Waals surface area contributed by atoms with Crippen LogP contribution < -0.4 is 9.80 Å². The molecule has 0 aliphatic carbocycles. The number of aliphatic carboxylic acids is 1. The minimum Gasteiger partial charge on any atom is -0.480 e. The molecule has 168 valence electrons. The molecule has 2 aromatic carbocycles. The number of anilines is 2. The maximum absolute atomic E-state index is 13.7. The number of para-hydroxylation sites is 2. The second kappa shape index (κ2) is 8.77. The van der Waals surface area contributed by atoms with Crippen molar-refractivity contribution in [3.05, 3.63) is 88.5 Å². The zero-order valence-corrected chi connectivity index (χ0v) is 19.0. The number of hydrogen-bond acceptors (Lipinski definition) is 6. The van der Waals surface area contributed by atoms with Crippen LogP contribution in [0.5, 0.6) is 0 Å². The number of aromatic nitrogens is 1. The van der Waals surface area contributed by atoms with Crippen LogP contribution in [0.25, 0.3) is 5.57 Å². The van der Waals surface area contributed by atoms with Crippen LogP contribution in [0.2, 0.25) is 5.15 Å². The van der Waals surface area contributed by atoms with E-state index in [2.05, 4.69) is 9.98 Å². The third-order valence-corrected chi connectivity index (χ3v) is 6.53. The van der Waals surface area contributed by atoms with E-state index in [1.165, 1.54) is 11.1 Å². The molecular weight excluding hydrogens is 476 g/mol. The van der Waals surface area contributed by atoms with E-state index in [9.17, 15) is 19.5 Å². The first kappa shape index (κ1) is 21.9. The summed E-state index contributed by atoms with van der Waals surface area (Å²) in [5.41, 5.74) is 2.03. The van der Waals surface area contributed by atoms with Crippen LogP contribution in [0.3, 0.4) is 0 Å². The van der Waals surface area contributed by atoms with E-state index in [1.54, 1.807) is 60.7 Å². The van der Waals surface area contributed by atoms with E-state index in [0.29, 0.717) is 27.8 Å². The first-order chi connectivity index (χ1) is 16.5. The number of carboxylic acids is 1. The Morgan fingerprint density at radius 1 is 1.00 bits per heavy atom. The van der Waals surface area contributed by atoms with Crippen LogP contribution in [0.15, 0.2) is 82.8 Å². The maximum atomic E-state index is 13.7. The molecule has 5 rings (SSSR count). The van der Waals surface area contributed by atoms with E-state index in [4.69, 9.17) is 11.6 Å². The van der Waals surface area contributed by atoms with Gasteiger partial charge in [0.2, 0.25) is 0 Å². The van der Waals surface area contributed by atoms with Crippen molar-refractivity contribution in [3.63, 3.8) is 0 Å². The molecule has 8 nitrogen and oxygen atoms in total. The lowest BCUT2D eigenvalue weighted by molar-refractivity contribution is -0.136. The molecule has 1 aromatic heterocycles. The monoisotopic (exact) mass is 490 g/mol. The molecule has 2 aliphatic heterocycles. The Kier molecular flexibility index (Phi) is 5.64. The summed E-state index contributed by atoms with van der Waals surface area (Å²) >= 11 is 7.23. The highest BCUT2D eigenvalue weighted by atomic mass is 35.5. The fourth-order valence-corrected chi connectivity index (χ4v) is 5.01. The van der Waals surface area contributed by atoms with Gasteiger partial charge in [-0.15, -0.1) is 0 Å². The van der Waals surface area contributed by atoms with Gasteiger partial charge in [-0.3, -0.25) is 24.2 Å². The maximum Gasteiger partial charge on any atom is 0.323 e. The molecule has 1 N–H and O–H groups in total. The summed E-state index contributed by atoms with van der Waals surface area (Å²) in [5, 5.41) is 9.79. The average Bonchev–Trinajstić information content (AvgIpc) is 3.29. The zero-order chi connectivity index (χ0) is 23.8. The van der Waals surface area contributed by atoms with Crippen LogP contribution in [-0.2, 0) is 14.4 Å². The highest BCUT2D eigenvalue weighted by Crippen LogP contribution is 2.46. The fraction of sp³-hybridized carbons (Fsp3) is 0.0417. The lowest BCUT2D eigenvalue weighted by Gasteiger charge is -2.15. The van der Waals surface area contributed by atoms with Gasteiger partial charge in [0, 0.05) is 11.8 Å². The lowest BCUT2D eigenvalue weighted by Crippen LogP contribution is -2.33. The van der Waals surface area contributed by atoms with Crippen molar-refractivity contribution in [2.45, 2.75) is 0 Å². The summed E-state index contributed by atoms with van der Waals surface area (Å²) < 4.78 is 0. The van der Waals surface area contributed by atoms with Gasteiger partial charge >= 0.3 is 5.97 Å². The Hall–Kier alpha value is -3.95. The Balaban J connectivity index is 1.69. The minimum absolute atomic E-state index is 0.148. The van der Waals surface area contributed by atoms with Gasteiger partial charge in [0.15, 0.2) is 10.3 Å². The number of halogens is 1. The Bertz CT molecular complexity index is 1410. The number of amidine groups is 1. The van der Waals surface area contributed by atoms with Crippen molar-refractivity contribution in [1.82, 2.24) is 4.98 Å². The number of aliphatic imine (C=N–C) groups is 1. The van der Waals surface area contributed by atoms with Crippen molar-refractivity contribution in [2.24, 2.45) is 4.99 Å². The van der Waals surface area contributed by atoms with Crippen LogP contribution in [-0.4, -0.2) is 39.6 Å². The predicted octanol–water partition coefficient (Wildman–Crippen LogP) is 4.35. The SMILES string of the molecule is O=C(O)CN1C(=O)/C(=C2\SC(=Nc3cccnc3Cl)N(c3ccccc3)C2=O)c2ccccc21. The summed E-state index contributed by atoms with van der Waals surface area (Å²) in [6.45, 7) is -0.514. The molecule has 10 heteroatoms. The molecule has 1 saturated heterocycles. The second-order valence-corrected chi connectivity index (χ2v) is 8.63. The van der Waals surface area contributed by atoms with Crippen LogP contribution in [0.4, 0.5) is 17.1 Å². The Morgan fingerprint density at radius 3 is 2.47 bits per heavy atom. The largest absolute Gasteiger partial charge is 0.480 e. The van der Waals surface area contributed by atoms with Gasteiger partial charge in [-0.1, -0.05) is 48.0 Å². The molecule has 3 heterocycles. The smallest absolute Gasteiger partial charge is 0.323 e. The molecule has 34 heavy (non-hydrogen) atoms. The Morgan fingerprint density at radius 2 is 1.74 bits per heavy atom. The summed E-state index contributed by atoms with van der Waals surface area (Å²) in [6, 6.07) is 19.1. The van der Waals surface area contributed by atoms with Gasteiger partial charge in [0.1, 0.15) is 12.2 Å². The van der Waals surface area contributed by atoms with Crippen molar-refractivity contribution in [2.75, 3.05) is 16.3 Å². The number of pyridine rings is 1. The van der Waals surface area contributed by atoms with Crippen LogP contribution in [0, 0.1) is 0 Å². The van der Waals surface area contributed by atoms with Crippen molar-refractivity contribution in [3.8, 4) is 0 Å². The van der Waals surface area contributed by atoms with Gasteiger partial charge in [-0.25, -0.2) is 9.98 Å². The molecule has 0 radical (unpaired) electrons. The molecule has 3 aromatic rings. The number of carbonyl (C=O) groups is 3. The number of carbonyl (C=O) groups excluding carboxylic acids is 2. The van der Waals surface area contributed by atoms with Crippen LogP contribution in [0.1, 0.15) is 5.56 Å². The number of carboxylic acid groups (broad SMARTS) is 1. The lowest BCUT2D eigenvalue weighted by atomic mass is 10.1. The van der Waals surface area contributed by atoms with E-state index >= 15 is 0 Å². The first-order valence-electron chi connectivity index (χ1n) is 10.1. The van der Waals surface area contributed by atoms with Gasteiger partial charge in [-0.05, 0) is 42.1 Å². The fourth-order valence-electron chi connectivity index (χ4n) is 3.76. The first-order valence-corrected chi connectivity index (χ1v) is 11.3. The molecule has 0 unspecified atom stereocenters. The Labute approximate surface area is 203 Å². The number of rotatable bonds is 4. The number of nitrogens with zero attached hydrogens (tertiary/aromatic N) is 4. The second-order valence-electron chi connectivity index (χ2n) is 7.29. The van der Waals surface area contributed by atoms with Gasteiger partial charge in [-0.2, -0.15) is 0 Å². The summed E-state index contributed by atoms with van der Waals surface area (Å²) in [5.74, 6) is -2.14. The molecule has 0 atom stereocenters. The number of thioether (sulfide) groups is 1. The zero-order valence-electron chi connectivity index (χ0n) is 17.4. The molecule has 2 amide bonds. The molecule has 0 saturated carbocycles.